The van der Waals surface area contributed by atoms with Gasteiger partial charge in [0.2, 0.25) is 0 Å². The molecule has 5 aliphatic carbocycles. The number of ether oxygens (including phenoxy) is 1. The van der Waals surface area contributed by atoms with Crippen molar-refractivity contribution in [3.63, 3.8) is 0 Å². The van der Waals surface area contributed by atoms with Crippen molar-refractivity contribution < 1.29 is 4.74 Å². The van der Waals surface area contributed by atoms with Crippen molar-refractivity contribution >= 4 is 0 Å². The molecule has 1 heterocycles. The van der Waals surface area contributed by atoms with Gasteiger partial charge in [-0.3, -0.25) is 0 Å². The predicted octanol–water partition coefficient (Wildman–Crippen LogP) is 5.06. The van der Waals surface area contributed by atoms with E-state index in [1.54, 1.807) is 0 Å². The van der Waals surface area contributed by atoms with Crippen molar-refractivity contribution in [3.8, 4) is 0 Å². The molecule has 0 atom stereocenters. The third kappa shape index (κ3) is 1.41. The van der Waals surface area contributed by atoms with Gasteiger partial charge in [-0.25, -0.2) is 0 Å². The molecule has 25 heavy (non-hydrogen) atoms. The van der Waals surface area contributed by atoms with Crippen molar-refractivity contribution in [2.45, 2.75) is 49.7 Å². The monoisotopic (exact) mass is 328 g/mol. The minimum atomic E-state index is -0.138. The summed E-state index contributed by atoms with van der Waals surface area (Å²) in [5.41, 5.74) is 5.93. The second-order valence-corrected chi connectivity index (χ2v) is 9.37. The Bertz CT molecular complexity index is 821. The number of epoxide rings is 1. The molecule has 126 valence electrons. The largest absolute Gasteiger partial charge is 0.352 e. The van der Waals surface area contributed by atoms with Crippen LogP contribution < -0.4 is 0 Å². The van der Waals surface area contributed by atoms with Gasteiger partial charge in [0.15, 0.2) is 0 Å². The SMILES string of the molecule is c1ccc2c(c1)Cc1ccccc1C21OC12C1CC3CC(C1)CC2C3. The third-order valence-electron chi connectivity index (χ3n) is 8.36. The fourth-order valence-corrected chi connectivity index (χ4v) is 7.77. The molecular weight excluding hydrogens is 304 g/mol. The van der Waals surface area contributed by atoms with E-state index in [0.29, 0.717) is 0 Å². The summed E-state index contributed by atoms with van der Waals surface area (Å²) in [4.78, 5) is 0. The smallest absolute Gasteiger partial charge is 0.149 e. The molecule has 6 aliphatic rings. The second-order valence-electron chi connectivity index (χ2n) is 9.37. The molecule has 1 aliphatic heterocycles. The summed E-state index contributed by atoms with van der Waals surface area (Å²) in [6.45, 7) is 0. The molecule has 2 aromatic rings. The number of hydrogen-bond donors (Lipinski definition) is 0. The number of fused-ring (bicyclic) bond motifs is 4. The fraction of sp³-hybridized carbons (Fsp3) is 0.500. The Kier molecular flexibility index (Phi) is 2.28. The second kappa shape index (κ2) is 4.20. The average molecular weight is 328 g/mol. The Morgan fingerprint density at radius 2 is 1.20 bits per heavy atom. The third-order valence-corrected chi connectivity index (χ3v) is 8.36. The van der Waals surface area contributed by atoms with E-state index in [1.807, 2.05) is 0 Å². The highest BCUT2D eigenvalue weighted by Crippen LogP contribution is 2.77. The summed E-state index contributed by atoms with van der Waals surface area (Å²) in [5, 5.41) is 0. The van der Waals surface area contributed by atoms with Crippen molar-refractivity contribution in [2.75, 3.05) is 0 Å². The van der Waals surface area contributed by atoms with E-state index in [0.717, 1.165) is 30.1 Å². The number of rotatable bonds is 0. The predicted molar refractivity (Wildman–Crippen MR) is 97.3 cm³/mol. The van der Waals surface area contributed by atoms with Crippen LogP contribution in [0.1, 0.15) is 54.4 Å². The lowest BCUT2D eigenvalue weighted by Gasteiger charge is -2.54. The maximum absolute atomic E-state index is 7.06. The molecule has 1 nitrogen and oxygen atoms in total. The Labute approximate surface area is 149 Å². The van der Waals surface area contributed by atoms with E-state index in [-0.39, 0.29) is 11.2 Å². The molecule has 1 heteroatoms. The van der Waals surface area contributed by atoms with Crippen LogP contribution in [0.2, 0.25) is 0 Å². The Morgan fingerprint density at radius 3 is 1.76 bits per heavy atom. The van der Waals surface area contributed by atoms with Crippen LogP contribution in [0.3, 0.4) is 0 Å². The van der Waals surface area contributed by atoms with Crippen molar-refractivity contribution in [3.05, 3.63) is 70.8 Å². The molecule has 0 N–H and O–H groups in total. The Balaban J connectivity index is 1.49. The van der Waals surface area contributed by atoms with Gasteiger partial charge in [0, 0.05) is 0 Å². The molecular formula is C24H24O. The van der Waals surface area contributed by atoms with Gasteiger partial charge in [-0.1, -0.05) is 48.5 Å². The first-order valence-electron chi connectivity index (χ1n) is 10.2. The first kappa shape index (κ1) is 13.6. The Hall–Kier alpha value is -1.60. The summed E-state index contributed by atoms with van der Waals surface area (Å²) in [6, 6.07) is 18.2. The lowest BCUT2D eigenvalue weighted by molar-refractivity contribution is -0.0563. The summed E-state index contributed by atoms with van der Waals surface area (Å²) in [6.07, 6.45) is 8.23. The van der Waals surface area contributed by atoms with Gasteiger partial charge in [0.25, 0.3) is 0 Å². The van der Waals surface area contributed by atoms with Crippen LogP contribution in [0.4, 0.5) is 0 Å². The van der Waals surface area contributed by atoms with Crippen molar-refractivity contribution in [2.24, 2.45) is 23.7 Å². The zero-order valence-corrected chi connectivity index (χ0v) is 14.6. The minimum absolute atomic E-state index is 0.104. The minimum Gasteiger partial charge on any atom is -0.352 e. The quantitative estimate of drug-likeness (QED) is 0.616. The molecule has 8 rings (SSSR count). The lowest BCUT2D eigenvalue weighted by Crippen LogP contribution is -2.54. The molecule has 0 unspecified atom stereocenters. The van der Waals surface area contributed by atoms with Crippen molar-refractivity contribution in [1.82, 2.24) is 0 Å². The highest BCUT2D eigenvalue weighted by molar-refractivity contribution is 5.59. The lowest BCUT2D eigenvalue weighted by atomic mass is 9.47. The first-order valence-corrected chi connectivity index (χ1v) is 10.2. The van der Waals surface area contributed by atoms with Gasteiger partial charge >= 0.3 is 0 Å². The average Bonchev–Trinajstić information content (AvgIpc) is 3.31. The van der Waals surface area contributed by atoms with E-state index in [4.69, 9.17) is 4.74 Å². The number of hydrogen-bond acceptors (Lipinski definition) is 1. The Morgan fingerprint density at radius 1 is 0.680 bits per heavy atom. The fourth-order valence-electron chi connectivity index (χ4n) is 7.77. The zero-order chi connectivity index (χ0) is 16.2. The van der Waals surface area contributed by atoms with E-state index in [9.17, 15) is 0 Å². The summed E-state index contributed by atoms with van der Waals surface area (Å²) >= 11 is 0. The molecule has 0 amide bonds. The maximum atomic E-state index is 7.06. The van der Waals surface area contributed by atoms with Gasteiger partial charge in [-0.15, -0.1) is 0 Å². The molecule has 0 radical (unpaired) electrons. The van der Waals surface area contributed by atoms with E-state index in [1.165, 1.54) is 54.4 Å². The van der Waals surface area contributed by atoms with Gasteiger partial charge in [0.1, 0.15) is 11.2 Å². The van der Waals surface area contributed by atoms with Gasteiger partial charge in [0.05, 0.1) is 0 Å². The maximum Gasteiger partial charge on any atom is 0.149 e. The van der Waals surface area contributed by atoms with Gasteiger partial charge in [-0.2, -0.15) is 0 Å². The summed E-state index contributed by atoms with van der Waals surface area (Å²) in [7, 11) is 0. The molecule has 4 bridgehead atoms. The van der Waals surface area contributed by atoms with Gasteiger partial charge < -0.3 is 4.74 Å². The van der Waals surface area contributed by atoms with E-state index in [2.05, 4.69) is 48.5 Å². The molecule has 4 saturated carbocycles. The standard InChI is InChI=1S/C24H24O/c1-3-7-21-17(5-1)14-18-6-2-4-8-22(18)24(21)23(25-24)19-10-15-9-16(12-19)13-20(23)11-15/h1-8,15-16,19-20H,9-14H2. The number of benzene rings is 2. The van der Waals surface area contributed by atoms with Crippen LogP contribution in [0, 0.1) is 23.7 Å². The molecule has 2 spiro atoms. The van der Waals surface area contributed by atoms with Crippen LogP contribution in [-0.2, 0) is 16.8 Å². The first-order chi connectivity index (χ1) is 12.3. The van der Waals surface area contributed by atoms with Gasteiger partial charge in [-0.05, 0) is 84.5 Å². The normalized spacial score (nSPS) is 41.0. The zero-order valence-electron chi connectivity index (χ0n) is 14.6. The van der Waals surface area contributed by atoms with Crippen LogP contribution in [0.25, 0.3) is 0 Å². The van der Waals surface area contributed by atoms with Crippen LogP contribution in [0.5, 0.6) is 0 Å². The van der Waals surface area contributed by atoms with Crippen LogP contribution >= 0.6 is 0 Å². The topological polar surface area (TPSA) is 12.5 Å². The summed E-state index contributed by atoms with van der Waals surface area (Å²) in [5.74, 6) is 3.54. The molecule has 5 fully saturated rings. The highest BCUT2D eigenvalue weighted by Gasteiger charge is 2.81. The van der Waals surface area contributed by atoms with Crippen LogP contribution in [0.15, 0.2) is 48.5 Å². The molecule has 0 aromatic heterocycles. The van der Waals surface area contributed by atoms with Crippen molar-refractivity contribution in [1.29, 1.82) is 0 Å². The van der Waals surface area contributed by atoms with Crippen LogP contribution in [-0.4, -0.2) is 5.60 Å². The molecule has 2 aromatic carbocycles. The molecule has 1 saturated heterocycles. The van der Waals surface area contributed by atoms with E-state index >= 15 is 0 Å². The van der Waals surface area contributed by atoms with E-state index < -0.39 is 0 Å². The highest BCUT2D eigenvalue weighted by atomic mass is 16.6. The summed E-state index contributed by atoms with van der Waals surface area (Å²) < 4.78 is 7.06.